The molecule has 1 fully saturated rings. The van der Waals surface area contributed by atoms with Gasteiger partial charge in [-0.25, -0.2) is 0 Å². The fraction of sp³-hybridized carbons (Fsp3) is 0.238. The van der Waals surface area contributed by atoms with Crippen LogP contribution in [0.5, 0.6) is 5.75 Å². The number of hydrogen-bond acceptors (Lipinski definition) is 3. The second-order valence-electron chi connectivity index (χ2n) is 6.72. The molecule has 3 rings (SSSR count). The van der Waals surface area contributed by atoms with Gasteiger partial charge in [-0.2, -0.15) is 0 Å². The molecule has 0 saturated carbocycles. The van der Waals surface area contributed by atoms with Crippen LogP contribution in [0, 0.1) is 0 Å². The van der Waals surface area contributed by atoms with Crippen LogP contribution >= 0.6 is 0 Å². The molecule has 3 N–H and O–H groups in total. The first-order valence-corrected chi connectivity index (χ1v) is 9.00. The lowest BCUT2D eigenvalue weighted by molar-refractivity contribution is -0.883. The Morgan fingerprint density at radius 2 is 1.67 bits per heavy atom. The second-order valence-corrected chi connectivity index (χ2v) is 6.72. The SMILES string of the molecule is C[NH+]1CCN(C(=O)/C(=C/c2ccc(O)cc2)NC(=O)c2ccccc2)CC1. The maximum Gasteiger partial charge on any atom is 0.270 e. The van der Waals surface area contributed by atoms with E-state index in [4.69, 9.17) is 0 Å². The van der Waals surface area contributed by atoms with Crippen LogP contribution in [0.3, 0.4) is 0 Å². The van der Waals surface area contributed by atoms with Gasteiger partial charge in [-0.3, -0.25) is 9.59 Å². The molecule has 0 atom stereocenters. The molecule has 1 saturated heterocycles. The minimum atomic E-state index is -0.325. The molecular formula is C21H24N3O3+. The molecule has 0 aliphatic carbocycles. The normalized spacial score (nSPS) is 15.4. The molecule has 2 aromatic carbocycles. The number of likely N-dealkylation sites (N-methyl/N-ethyl adjacent to an activating group) is 1. The Labute approximate surface area is 158 Å². The monoisotopic (exact) mass is 366 g/mol. The number of phenolic OH excluding ortho intramolecular Hbond substituents is 1. The Bertz CT molecular complexity index is 824. The first kappa shape index (κ1) is 18.7. The van der Waals surface area contributed by atoms with Gasteiger partial charge in [-0.05, 0) is 35.9 Å². The molecule has 0 radical (unpaired) electrons. The molecule has 6 heteroatoms. The van der Waals surface area contributed by atoms with Crippen LogP contribution in [0.25, 0.3) is 6.08 Å². The number of rotatable bonds is 4. The molecule has 140 valence electrons. The highest BCUT2D eigenvalue weighted by Crippen LogP contribution is 2.14. The first-order chi connectivity index (χ1) is 13.0. The van der Waals surface area contributed by atoms with Crippen molar-refractivity contribution in [3.05, 3.63) is 71.4 Å². The fourth-order valence-corrected chi connectivity index (χ4v) is 2.93. The van der Waals surface area contributed by atoms with E-state index >= 15 is 0 Å². The van der Waals surface area contributed by atoms with Gasteiger partial charge < -0.3 is 20.2 Å². The molecule has 0 aromatic heterocycles. The largest absolute Gasteiger partial charge is 0.508 e. The Balaban J connectivity index is 1.85. The molecule has 0 bridgehead atoms. The number of nitrogens with one attached hydrogen (secondary N) is 2. The number of benzene rings is 2. The van der Waals surface area contributed by atoms with E-state index in [9.17, 15) is 14.7 Å². The highest BCUT2D eigenvalue weighted by atomic mass is 16.3. The summed E-state index contributed by atoms with van der Waals surface area (Å²) in [5, 5.41) is 12.2. The quantitative estimate of drug-likeness (QED) is 0.691. The molecule has 6 nitrogen and oxygen atoms in total. The fourth-order valence-electron chi connectivity index (χ4n) is 2.93. The maximum atomic E-state index is 13.0. The summed E-state index contributed by atoms with van der Waals surface area (Å²) in [5.41, 5.74) is 1.45. The highest BCUT2D eigenvalue weighted by molar-refractivity contribution is 6.05. The number of hydrogen-bond donors (Lipinski definition) is 3. The zero-order valence-corrected chi connectivity index (χ0v) is 15.3. The van der Waals surface area contributed by atoms with Crippen LogP contribution in [-0.2, 0) is 4.79 Å². The van der Waals surface area contributed by atoms with E-state index in [1.165, 1.54) is 4.90 Å². The Hall–Kier alpha value is -3.12. The lowest BCUT2D eigenvalue weighted by atomic mass is 10.1. The molecule has 2 aromatic rings. The minimum absolute atomic E-state index is 0.149. The Morgan fingerprint density at radius 3 is 2.30 bits per heavy atom. The van der Waals surface area contributed by atoms with Gasteiger partial charge in [-0.15, -0.1) is 0 Å². The van der Waals surface area contributed by atoms with Gasteiger partial charge in [0.2, 0.25) is 0 Å². The molecule has 0 unspecified atom stereocenters. The third kappa shape index (κ3) is 4.95. The third-order valence-electron chi connectivity index (χ3n) is 4.62. The zero-order valence-electron chi connectivity index (χ0n) is 15.3. The minimum Gasteiger partial charge on any atom is -0.508 e. The number of phenols is 1. The van der Waals surface area contributed by atoms with E-state index in [1.807, 2.05) is 6.07 Å². The van der Waals surface area contributed by atoms with E-state index in [1.54, 1.807) is 59.5 Å². The number of carbonyl (C=O) groups excluding carboxylic acids is 2. The average molecular weight is 366 g/mol. The average Bonchev–Trinajstić information content (AvgIpc) is 2.70. The van der Waals surface area contributed by atoms with Crippen molar-refractivity contribution >= 4 is 17.9 Å². The molecular weight excluding hydrogens is 342 g/mol. The predicted octanol–water partition coefficient (Wildman–Crippen LogP) is 0.520. The van der Waals surface area contributed by atoms with E-state index in [0.29, 0.717) is 18.7 Å². The lowest BCUT2D eigenvalue weighted by Crippen LogP contribution is -3.12. The number of aromatic hydroxyl groups is 1. The topological polar surface area (TPSA) is 74.1 Å². The van der Waals surface area contributed by atoms with Crippen LogP contribution in [0.15, 0.2) is 60.3 Å². The van der Waals surface area contributed by atoms with Gasteiger partial charge >= 0.3 is 0 Å². The Kier molecular flexibility index (Phi) is 5.88. The molecule has 27 heavy (non-hydrogen) atoms. The Morgan fingerprint density at radius 1 is 1.04 bits per heavy atom. The molecule has 1 heterocycles. The summed E-state index contributed by atoms with van der Waals surface area (Å²) < 4.78 is 0. The summed E-state index contributed by atoms with van der Waals surface area (Å²) in [5.74, 6) is -0.371. The summed E-state index contributed by atoms with van der Waals surface area (Å²) in [4.78, 5) is 28.8. The second kappa shape index (κ2) is 8.51. The number of quaternary nitrogens is 1. The van der Waals surface area contributed by atoms with E-state index < -0.39 is 0 Å². The number of carbonyl (C=O) groups is 2. The zero-order chi connectivity index (χ0) is 19.2. The maximum absolute atomic E-state index is 13.0. The van der Waals surface area contributed by atoms with Crippen LogP contribution in [0.2, 0.25) is 0 Å². The molecule has 1 aliphatic rings. The van der Waals surface area contributed by atoms with E-state index in [-0.39, 0.29) is 23.3 Å². The van der Waals surface area contributed by atoms with Crippen molar-refractivity contribution in [3.63, 3.8) is 0 Å². The van der Waals surface area contributed by atoms with Crippen LogP contribution in [0.4, 0.5) is 0 Å². The van der Waals surface area contributed by atoms with Crippen molar-refractivity contribution in [2.45, 2.75) is 0 Å². The van der Waals surface area contributed by atoms with Gasteiger partial charge in [0.15, 0.2) is 0 Å². The molecule has 2 amide bonds. The van der Waals surface area contributed by atoms with Gasteiger partial charge in [0.1, 0.15) is 11.4 Å². The van der Waals surface area contributed by atoms with Gasteiger partial charge in [0, 0.05) is 5.56 Å². The summed E-state index contributed by atoms with van der Waals surface area (Å²) in [6, 6.07) is 15.3. The van der Waals surface area contributed by atoms with Gasteiger partial charge in [0.05, 0.1) is 33.2 Å². The van der Waals surface area contributed by atoms with Crippen LogP contribution < -0.4 is 10.2 Å². The highest BCUT2D eigenvalue weighted by Gasteiger charge is 2.25. The number of amides is 2. The van der Waals surface area contributed by atoms with E-state index in [0.717, 1.165) is 18.7 Å². The number of nitrogens with zero attached hydrogens (tertiary/aromatic N) is 1. The van der Waals surface area contributed by atoms with Crippen molar-refractivity contribution in [1.82, 2.24) is 10.2 Å². The smallest absolute Gasteiger partial charge is 0.270 e. The van der Waals surface area contributed by atoms with Gasteiger partial charge in [-0.1, -0.05) is 30.3 Å². The first-order valence-electron chi connectivity index (χ1n) is 9.00. The van der Waals surface area contributed by atoms with Crippen LogP contribution in [0.1, 0.15) is 15.9 Å². The van der Waals surface area contributed by atoms with Crippen molar-refractivity contribution in [3.8, 4) is 5.75 Å². The summed E-state index contributed by atoms with van der Waals surface area (Å²) in [6.07, 6.45) is 1.65. The summed E-state index contributed by atoms with van der Waals surface area (Å²) >= 11 is 0. The van der Waals surface area contributed by atoms with Crippen molar-refractivity contribution in [2.75, 3.05) is 33.2 Å². The van der Waals surface area contributed by atoms with E-state index in [2.05, 4.69) is 12.4 Å². The van der Waals surface area contributed by atoms with Crippen LogP contribution in [-0.4, -0.2) is 55.0 Å². The third-order valence-corrected chi connectivity index (χ3v) is 4.62. The van der Waals surface area contributed by atoms with Crippen molar-refractivity contribution < 1.29 is 19.6 Å². The summed E-state index contributed by atoms with van der Waals surface area (Å²) in [7, 11) is 2.10. The lowest BCUT2D eigenvalue weighted by Gasteiger charge is -2.30. The molecule has 0 spiro atoms. The molecule has 1 aliphatic heterocycles. The van der Waals surface area contributed by atoms with Gasteiger partial charge in [0.25, 0.3) is 11.8 Å². The predicted molar refractivity (Wildman–Crippen MR) is 103 cm³/mol. The van der Waals surface area contributed by atoms with Crippen molar-refractivity contribution in [1.29, 1.82) is 0 Å². The number of piperazine rings is 1. The van der Waals surface area contributed by atoms with Crippen molar-refractivity contribution in [2.24, 2.45) is 0 Å². The summed E-state index contributed by atoms with van der Waals surface area (Å²) in [6.45, 7) is 3.06. The standard InChI is InChI=1S/C21H23N3O3/c1-23-11-13-24(14-12-23)21(27)19(15-16-7-9-18(25)10-8-16)22-20(26)17-5-3-2-4-6-17/h2-10,15,25H,11-14H2,1H3,(H,22,26)/p+1/b19-15-.